The molecule has 2 heterocycles. The number of hydrogen-bond donors (Lipinski definition) is 2. The molecule has 0 atom stereocenters. The van der Waals surface area contributed by atoms with Gasteiger partial charge in [0.1, 0.15) is 12.1 Å². The van der Waals surface area contributed by atoms with E-state index in [0.29, 0.717) is 6.54 Å². The molecule has 27 heavy (non-hydrogen) atoms. The number of piperazine rings is 1. The maximum atomic E-state index is 11.6. The van der Waals surface area contributed by atoms with E-state index >= 15 is 0 Å². The van der Waals surface area contributed by atoms with E-state index in [9.17, 15) is 10.1 Å². The number of aromatic nitrogens is 2. The molecular formula is C17H23N7O3. The van der Waals surface area contributed by atoms with Crippen LogP contribution in [-0.2, 0) is 6.54 Å². The second kappa shape index (κ2) is 8.60. The summed E-state index contributed by atoms with van der Waals surface area (Å²) in [5.41, 5.74) is 3.86. The molecule has 1 aliphatic heterocycles. The fraction of sp³-hybridized carbons (Fsp3) is 0.412. The van der Waals surface area contributed by atoms with Crippen LogP contribution in [0.25, 0.3) is 0 Å². The highest BCUT2D eigenvalue weighted by Gasteiger charge is 2.25. The molecule has 0 bridgehead atoms. The molecule has 10 nitrogen and oxygen atoms in total. The first-order valence-corrected chi connectivity index (χ1v) is 8.63. The van der Waals surface area contributed by atoms with E-state index in [1.54, 1.807) is 7.11 Å². The number of nitro groups is 1. The Labute approximate surface area is 157 Å². The lowest BCUT2D eigenvalue weighted by molar-refractivity contribution is -0.383. The van der Waals surface area contributed by atoms with Crippen molar-refractivity contribution in [1.82, 2.24) is 19.9 Å². The molecular weight excluding hydrogens is 350 g/mol. The summed E-state index contributed by atoms with van der Waals surface area (Å²) in [6.07, 6.45) is 1.32. The van der Waals surface area contributed by atoms with Gasteiger partial charge < -0.3 is 15.0 Å². The maximum Gasteiger partial charge on any atom is 0.354 e. The van der Waals surface area contributed by atoms with Crippen LogP contribution in [0.5, 0.6) is 5.75 Å². The molecule has 1 fully saturated rings. The van der Waals surface area contributed by atoms with Gasteiger partial charge in [-0.2, -0.15) is 0 Å². The van der Waals surface area contributed by atoms with Crippen molar-refractivity contribution in [2.45, 2.75) is 6.54 Å². The van der Waals surface area contributed by atoms with Crippen LogP contribution in [-0.4, -0.2) is 65.1 Å². The van der Waals surface area contributed by atoms with E-state index in [-0.39, 0.29) is 17.3 Å². The lowest BCUT2D eigenvalue weighted by Crippen LogP contribution is -2.47. The third-order valence-corrected chi connectivity index (χ3v) is 4.39. The summed E-state index contributed by atoms with van der Waals surface area (Å²) in [4.78, 5) is 21.5. The van der Waals surface area contributed by atoms with Crippen LogP contribution in [0.2, 0.25) is 0 Å². The number of methoxy groups -OCH3 is 1. The summed E-state index contributed by atoms with van der Waals surface area (Å²) in [6.45, 7) is 3.68. The second-order valence-corrected chi connectivity index (χ2v) is 6.28. The molecule has 2 aromatic rings. The van der Waals surface area contributed by atoms with E-state index < -0.39 is 4.92 Å². The van der Waals surface area contributed by atoms with Crippen molar-refractivity contribution in [3.8, 4) is 5.75 Å². The van der Waals surface area contributed by atoms with Crippen LogP contribution in [0.3, 0.4) is 0 Å². The summed E-state index contributed by atoms with van der Waals surface area (Å²) < 4.78 is 5.13. The van der Waals surface area contributed by atoms with Gasteiger partial charge in [0.15, 0.2) is 0 Å². The van der Waals surface area contributed by atoms with Gasteiger partial charge in [0.2, 0.25) is 11.6 Å². The summed E-state index contributed by atoms with van der Waals surface area (Å²) in [5, 5.41) is 16.6. The van der Waals surface area contributed by atoms with Gasteiger partial charge >= 0.3 is 5.69 Å². The lowest BCUT2D eigenvalue weighted by Gasteiger charge is -2.32. The molecule has 3 rings (SSSR count). The van der Waals surface area contributed by atoms with Gasteiger partial charge in [0.25, 0.3) is 0 Å². The zero-order valence-corrected chi connectivity index (χ0v) is 15.4. The van der Waals surface area contributed by atoms with Crippen LogP contribution in [0, 0.1) is 10.1 Å². The van der Waals surface area contributed by atoms with Gasteiger partial charge in [-0.3, -0.25) is 15.5 Å². The van der Waals surface area contributed by atoms with E-state index in [2.05, 4.69) is 25.6 Å². The first-order valence-electron chi connectivity index (χ1n) is 8.63. The minimum atomic E-state index is -0.464. The van der Waals surface area contributed by atoms with E-state index in [1.165, 1.54) is 6.33 Å². The summed E-state index contributed by atoms with van der Waals surface area (Å²) >= 11 is 0. The van der Waals surface area contributed by atoms with Crippen molar-refractivity contribution in [2.24, 2.45) is 0 Å². The Balaban J connectivity index is 1.73. The number of benzene rings is 1. The Bertz CT molecular complexity index is 777. The Morgan fingerprint density at radius 2 is 1.81 bits per heavy atom. The Hall–Kier alpha value is -2.98. The largest absolute Gasteiger partial charge is 0.497 e. The molecule has 1 aromatic carbocycles. The number of anilines is 2. The highest BCUT2D eigenvalue weighted by molar-refractivity contribution is 5.69. The average Bonchev–Trinajstić information content (AvgIpc) is 2.68. The van der Waals surface area contributed by atoms with Gasteiger partial charge in [-0.25, -0.2) is 15.0 Å². The monoisotopic (exact) mass is 373 g/mol. The predicted molar refractivity (Wildman–Crippen MR) is 102 cm³/mol. The number of nitrogens with one attached hydrogen (secondary N) is 2. The van der Waals surface area contributed by atoms with E-state index in [0.717, 1.165) is 37.5 Å². The molecule has 1 saturated heterocycles. The molecule has 0 saturated carbocycles. The number of nitrogens with zero attached hydrogens (tertiary/aromatic N) is 5. The third-order valence-electron chi connectivity index (χ3n) is 4.39. The summed E-state index contributed by atoms with van der Waals surface area (Å²) in [6, 6.07) is 7.46. The molecule has 2 N–H and O–H groups in total. The third kappa shape index (κ3) is 4.80. The quantitative estimate of drug-likeness (QED) is 0.552. The fourth-order valence-electron chi connectivity index (χ4n) is 2.76. The molecule has 1 aliphatic rings. The first-order chi connectivity index (χ1) is 13.1. The number of hydrazine groups is 1. The molecule has 1 aromatic heterocycles. The number of hydrogen-bond acceptors (Lipinski definition) is 9. The second-order valence-electron chi connectivity index (χ2n) is 6.28. The minimum absolute atomic E-state index is 0.162. The Morgan fingerprint density at radius 3 is 2.44 bits per heavy atom. The standard InChI is InChI=1S/C17H23N7O3/c1-22-7-9-23(10-8-22)21-17-15(24(25)26)16(19-12-20-17)18-11-13-3-5-14(27-2)6-4-13/h3-6,12H,7-11H2,1-2H3,(H2,18,19,20,21). The summed E-state index contributed by atoms with van der Waals surface area (Å²) in [7, 11) is 3.65. The zero-order chi connectivity index (χ0) is 19.2. The minimum Gasteiger partial charge on any atom is -0.497 e. The Kier molecular flexibility index (Phi) is 5.99. The number of rotatable bonds is 7. The number of likely N-dealkylation sites (N-methyl/N-ethyl adjacent to an activating group) is 1. The fourth-order valence-corrected chi connectivity index (χ4v) is 2.76. The van der Waals surface area contributed by atoms with Crippen molar-refractivity contribution < 1.29 is 9.66 Å². The lowest BCUT2D eigenvalue weighted by atomic mass is 10.2. The molecule has 0 amide bonds. The van der Waals surface area contributed by atoms with Gasteiger partial charge in [-0.05, 0) is 24.7 Å². The topological polar surface area (TPSA) is 109 Å². The average molecular weight is 373 g/mol. The zero-order valence-electron chi connectivity index (χ0n) is 15.4. The highest BCUT2D eigenvalue weighted by Crippen LogP contribution is 2.29. The van der Waals surface area contributed by atoms with Gasteiger partial charge in [-0.1, -0.05) is 12.1 Å². The van der Waals surface area contributed by atoms with Crippen LogP contribution in [0.15, 0.2) is 30.6 Å². The van der Waals surface area contributed by atoms with Crippen LogP contribution < -0.4 is 15.5 Å². The van der Waals surface area contributed by atoms with Crippen molar-refractivity contribution in [3.05, 3.63) is 46.3 Å². The SMILES string of the molecule is COc1ccc(CNc2ncnc(NN3CCN(C)CC3)c2[N+](=O)[O-])cc1. The Morgan fingerprint density at radius 1 is 1.15 bits per heavy atom. The molecule has 0 radical (unpaired) electrons. The van der Waals surface area contributed by atoms with Crippen molar-refractivity contribution in [2.75, 3.05) is 51.1 Å². The first kappa shape index (κ1) is 18.8. The van der Waals surface area contributed by atoms with E-state index in [4.69, 9.17) is 4.74 Å². The van der Waals surface area contributed by atoms with Crippen LogP contribution in [0.4, 0.5) is 17.3 Å². The molecule has 0 spiro atoms. The van der Waals surface area contributed by atoms with Gasteiger partial charge in [-0.15, -0.1) is 0 Å². The summed E-state index contributed by atoms with van der Waals surface area (Å²) in [5.74, 6) is 1.13. The number of ether oxygens (including phenoxy) is 1. The van der Waals surface area contributed by atoms with Gasteiger partial charge in [0.05, 0.1) is 12.0 Å². The smallest absolute Gasteiger partial charge is 0.354 e. The predicted octanol–water partition coefficient (Wildman–Crippen LogP) is 1.58. The van der Waals surface area contributed by atoms with Gasteiger partial charge in [0, 0.05) is 32.7 Å². The van der Waals surface area contributed by atoms with E-state index in [1.807, 2.05) is 36.3 Å². The highest BCUT2D eigenvalue weighted by atomic mass is 16.6. The normalized spacial score (nSPS) is 15.3. The van der Waals surface area contributed by atoms with Crippen molar-refractivity contribution in [1.29, 1.82) is 0 Å². The molecule has 0 unspecified atom stereocenters. The molecule has 0 aliphatic carbocycles. The molecule has 10 heteroatoms. The van der Waals surface area contributed by atoms with Crippen LogP contribution >= 0.6 is 0 Å². The molecule has 144 valence electrons. The van der Waals surface area contributed by atoms with Crippen LogP contribution in [0.1, 0.15) is 5.56 Å². The van der Waals surface area contributed by atoms with Crippen molar-refractivity contribution >= 4 is 17.3 Å². The maximum absolute atomic E-state index is 11.6. The van der Waals surface area contributed by atoms with Crippen molar-refractivity contribution in [3.63, 3.8) is 0 Å².